The molecule has 0 aromatic heterocycles. The van der Waals surface area contributed by atoms with Gasteiger partial charge in [0.05, 0.1) is 0 Å². The van der Waals surface area contributed by atoms with E-state index in [2.05, 4.69) is 26.1 Å². The normalized spacial score (nSPS) is 9.00. The molecule has 0 saturated heterocycles. The Morgan fingerprint density at radius 2 is 1.90 bits per heavy atom. The van der Waals surface area contributed by atoms with Crippen LogP contribution in [0.1, 0.15) is 27.2 Å². The second kappa shape index (κ2) is 12.1. The van der Waals surface area contributed by atoms with Crippen molar-refractivity contribution < 1.29 is 21.8 Å². The van der Waals surface area contributed by atoms with Gasteiger partial charge in [-0.1, -0.05) is 27.2 Å². The van der Waals surface area contributed by atoms with Gasteiger partial charge in [0.1, 0.15) is 0 Å². The van der Waals surface area contributed by atoms with Gasteiger partial charge in [0, 0.05) is 0 Å². The van der Waals surface area contributed by atoms with Crippen LogP contribution in [0.15, 0.2) is 0 Å². The average molecular weight is 196 g/mol. The van der Waals surface area contributed by atoms with Crippen molar-refractivity contribution in [2.45, 2.75) is 27.2 Å². The molecule has 0 rings (SSSR count). The van der Waals surface area contributed by atoms with Crippen LogP contribution in [0, 0.1) is 5.92 Å². The molecule has 10 heavy (non-hydrogen) atoms. The molecule has 0 heterocycles. The van der Waals surface area contributed by atoms with Crippen LogP contribution in [-0.4, -0.2) is 13.1 Å². The van der Waals surface area contributed by atoms with Crippen LogP contribution in [0.25, 0.3) is 5.32 Å². The van der Waals surface area contributed by atoms with Gasteiger partial charge in [0.15, 0.2) is 0 Å². The van der Waals surface area contributed by atoms with E-state index in [4.69, 9.17) is 3.57 Å². The third-order valence-electron chi connectivity index (χ3n) is 1.09. The fourth-order valence-electron chi connectivity index (χ4n) is 0.508. The summed E-state index contributed by atoms with van der Waals surface area (Å²) in [4.78, 5) is 0. The molecule has 0 spiro atoms. The summed E-state index contributed by atoms with van der Waals surface area (Å²) in [6.45, 7) is 8.57. The van der Waals surface area contributed by atoms with Crippen LogP contribution in [0.2, 0.25) is 0 Å². The molecule has 0 atom stereocenters. The van der Waals surface area contributed by atoms with E-state index in [1.165, 1.54) is 6.42 Å². The molecule has 0 aromatic rings. The number of rotatable bonds is 4. The van der Waals surface area contributed by atoms with Gasteiger partial charge in [-0.2, -0.15) is 6.54 Å². The SMILES string of the molecule is CC[N-]CCC(C)C.[O]=[Zn]. The number of hydrogen-bond acceptors (Lipinski definition) is 1. The molecular formula is C7H16NOZn-. The molecule has 0 saturated carbocycles. The third-order valence-corrected chi connectivity index (χ3v) is 1.09. The maximum absolute atomic E-state index is 8.38. The summed E-state index contributed by atoms with van der Waals surface area (Å²) in [6, 6.07) is 0. The first-order chi connectivity index (χ1) is 4.77. The summed E-state index contributed by atoms with van der Waals surface area (Å²) in [6.07, 6.45) is 1.24. The van der Waals surface area contributed by atoms with Gasteiger partial charge < -0.3 is 5.32 Å². The van der Waals surface area contributed by atoms with Crippen molar-refractivity contribution in [3.05, 3.63) is 5.32 Å². The summed E-state index contributed by atoms with van der Waals surface area (Å²) in [7, 11) is 0. The van der Waals surface area contributed by atoms with Crippen LogP contribution < -0.4 is 0 Å². The molecule has 0 aromatic carbocycles. The topological polar surface area (TPSA) is 31.2 Å². The van der Waals surface area contributed by atoms with Gasteiger partial charge in [-0.15, -0.1) is 6.54 Å². The van der Waals surface area contributed by atoms with E-state index in [1.807, 2.05) is 0 Å². The van der Waals surface area contributed by atoms with Gasteiger partial charge in [0.2, 0.25) is 0 Å². The summed E-state index contributed by atoms with van der Waals surface area (Å²) in [5.41, 5.74) is 0. The van der Waals surface area contributed by atoms with E-state index in [9.17, 15) is 0 Å². The second-order valence-corrected chi connectivity index (χ2v) is 2.45. The molecule has 0 aliphatic carbocycles. The van der Waals surface area contributed by atoms with E-state index in [0.717, 1.165) is 19.0 Å². The van der Waals surface area contributed by atoms with Crippen molar-refractivity contribution in [1.82, 2.24) is 0 Å². The van der Waals surface area contributed by atoms with E-state index in [-0.39, 0.29) is 18.3 Å². The molecule has 3 heteroatoms. The van der Waals surface area contributed by atoms with E-state index in [0.29, 0.717) is 0 Å². The van der Waals surface area contributed by atoms with Crippen molar-refractivity contribution in [2.24, 2.45) is 5.92 Å². The van der Waals surface area contributed by atoms with Crippen LogP contribution in [0.3, 0.4) is 0 Å². The van der Waals surface area contributed by atoms with Crippen molar-refractivity contribution in [3.8, 4) is 0 Å². The Morgan fingerprint density at radius 3 is 2.20 bits per heavy atom. The average Bonchev–Trinajstić information content (AvgIpc) is 1.92. The maximum atomic E-state index is 8.38. The summed E-state index contributed by atoms with van der Waals surface area (Å²) in [5, 5.41) is 4.21. The zero-order valence-electron chi connectivity index (χ0n) is 7.26. The predicted octanol–water partition coefficient (Wildman–Crippen LogP) is 2.30. The Labute approximate surface area is 73.7 Å². The van der Waals surface area contributed by atoms with Crippen LogP contribution >= 0.6 is 0 Å². The molecule has 0 radical (unpaired) electrons. The molecule has 2 nitrogen and oxygen atoms in total. The van der Waals surface area contributed by atoms with Crippen molar-refractivity contribution in [3.63, 3.8) is 0 Å². The van der Waals surface area contributed by atoms with Gasteiger partial charge in [-0.25, -0.2) is 0 Å². The summed E-state index contributed by atoms with van der Waals surface area (Å²) < 4.78 is 8.38. The van der Waals surface area contributed by atoms with Gasteiger partial charge in [0.25, 0.3) is 0 Å². The fourth-order valence-corrected chi connectivity index (χ4v) is 0.508. The molecule has 0 aliphatic rings. The predicted molar refractivity (Wildman–Crippen MR) is 38.9 cm³/mol. The van der Waals surface area contributed by atoms with E-state index in [1.54, 1.807) is 0 Å². The van der Waals surface area contributed by atoms with Crippen molar-refractivity contribution >= 4 is 0 Å². The minimum atomic E-state index is 0.125. The van der Waals surface area contributed by atoms with Crippen LogP contribution in [-0.2, 0) is 21.8 Å². The Balaban J connectivity index is 0. The minimum absolute atomic E-state index is 0.125. The quantitative estimate of drug-likeness (QED) is 0.500. The first-order valence-electron chi connectivity index (χ1n) is 3.69. The fraction of sp³-hybridized carbons (Fsp3) is 1.00. The third kappa shape index (κ3) is 15.8. The monoisotopic (exact) mass is 194 g/mol. The molecule has 0 amide bonds. The second-order valence-electron chi connectivity index (χ2n) is 2.45. The molecule has 0 bridgehead atoms. The van der Waals surface area contributed by atoms with E-state index < -0.39 is 0 Å². The number of hydrogen-bond donors (Lipinski definition) is 0. The van der Waals surface area contributed by atoms with Crippen molar-refractivity contribution in [2.75, 3.05) is 13.1 Å². The zero-order chi connectivity index (χ0) is 8.41. The Bertz CT molecular complexity index is 59.6. The molecule has 0 fully saturated rings. The van der Waals surface area contributed by atoms with Crippen LogP contribution in [0.4, 0.5) is 0 Å². The Kier molecular flexibility index (Phi) is 15.7. The molecular weight excluding hydrogens is 179 g/mol. The molecule has 0 N–H and O–H groups in total. The summed E-state index contributed by atoms with van der Waals surface area (Å²) in [5.74, 6) is 0.810. The Hall–Kier alpha value is 0.383. The first kappa shape index (κ1) is 13.0. The number of nitrogens with zero attached hydrogens (tertiary/aromatic N) is 1. The standard InChI is InChI=1S/C7H16N.O.Zn/c1-4-8-6-5-7(2)3;;/h7H,4-6H2,1-3H3;;/q-1;;. The molecule has 0 aliphatic heterocycles. The van der Waals surface area contributed by atoms with Gasteiger partial charge >= 0.3 is 21.8 Å². The van der Waals surface area contributed by atoms with Gasteiger partial charge in [-0.3, -0.25) is 0 Å². The summed E-state index contributed by atoms with van der Waals surface area (Å²) >= 11 is 0.125. The Morgan fingerprint density at radius 1 is 1.40 bits per heavy atom. The van der Waals surface area contributed by atoms with Crippen molar-refractivity contribution in [1.29, 1.82) is 0 Å². The van der Waals surface area contributed by atoms with Crippen LogP contribution in [0.5, 0.6) is 0 Å². The van der Waals surface area contributed by atoms with Gasteiger partial charge in [-0.05, 0) is 5.92 Å². The van der Waals surface area contributed by atoms with E-state index >= 15 is 0 Å². The zero-order valence-corrected chi connectivity index (χ0v) is 10.2. The molecule has 58 valence electrons. The first-order valence-corrected chi connectivity index (χ1v) is 4.90. The molecule has 0 unspecified atom stereocenters.